The molecule has 0 bridgehead atoms. The van der Waals surface area contributed by atoms with Gasteiger partial charge in [0.05, 0.1) is 16.8 Å². The Morgan fingerprint density at radius 1 is 0.966 bits per heavy atom. The molecule has 3 amide bonds. The first-order valence-corrected chi connectivity index (χ1v) is 8.80. The number of hydrogen-bond donors (Lipinski definition) is 1. The molecular formula is C20H17F3N2O4. The zero-order chi connectivity index (χ0) is 21.0. The maximum absolute atomic E-state index is 12.3. The van der Waals surface area contributed by atoms with Gasteiger partial charge in [0.2, 0.25) is 5.91 Å². The van der Waals surface area contributed by atoms with Crippen LogP contribution in [0.25, 0.3) is 0 Å². The van der Waals surface area contributed by atoms with Crippen LogP contribution in [-0.2, 0) is 4.79 Å². The molecule has 0 unspecified atom stereocenters. The number of halogens is 3. The minimum Gasteiger partial charge on any atom is -0.482 e. The topological polar surface area (TPSA) is 75.7 Å². The highest BCUT2D eigenvalue weighted by atomic mass is 19.4. The molecular weight excluding hydrogens is 389 g/mol. The summed E-state index contributed by atoms with van der Waals surface area (Å²) in [5, 5.41) is 2.49. The Bertz CT molecular complexity index is 908. The average molecular weight is 406 g/mol. The Kier molecular flexibility index (Phi) is 5.86. The normalized spacial score (nSPS) is 13.4. The number of ether oxygens (including phenoxy) is 1. The lowest BCUT2D eigenvalue weighted by Crippen LogP contribution is -2.31. The molecule has 1 heterocycles. The first-order valence-electron chi connectivity index (χ1n) is 8.80. The smallest absolute Gasteiger partial charge is 0.422 e. The quantitative estimate of drug-likeness (QED) is 0.713. The number of anilines is 1. The van der Waals surface area contributed by atoms with Gasteiger partial charge in [-0.15, -0.1) is 0 Å². The predicted molar refractivity (Wildman–Crippen MR) is 97.7 cm³/mol. The second kappa shape index (κ2) is 8.34. The van der Waals surface area contributed by atoms with Crippen LogP contribution in [0.2, 0.25) is 0 Å². The van der Waals surface area contributed by atoms with Gasteiger partial charge < -0.3 is 10.1 Å². The van der Waals surface area contributed by atoms with E-state index < -0.39 is 30.5 Å². The van der Waals surface area contributed by atoms with Gasteiger partial charge in [0.1, 0.15) is 5.75 Å². The van der Waals surface area contributed by atoms with Crippen molar-refractivity contribution in [1.29, 1.82) is 0 Å². The zero-order valence-corrected chi connectivity index (χ0v) is 15.2. The molecule has 0 spiro atoms. The van der Waals surface area contributed by atoms with Crippen LogP contribution in [0.15, 0.2) is 48.5 Å². The largest absolute Gasteiger partial charge is 0.482 e. The summed E-state index contributed by atoms with van der Waals surface area (Å²) in [6.45, 7) is -1.41. The molecule has 3 rings (SSSR count). The molecule has 9 heteroatoms. The Labute approximate surface area is 164 Å². The van der Waals surface area contributed by atoms with Crippen molar-refractivity contribution in [2.45, 2.75) is 19.0 Å². The lowest BCUT2D eigenvalue weighted by Gasteiger charge is -2.15. The van der Waals surface area contributed by atoms with Gasteiger partial charge in [-0.1, -0.05) is 24.3 Å². The number of nitrogens with one attached hydrogen (secondary N) is 1. The van der Waals surface area contributed by atoms with Crippen LogP contribution in [0, 0.1) is 0 Å². The highest BCUT2D eigenvalue weighted by Crippen LogP contribution is 2.27. The lowest BCUT2D eigenvalue weighted by atomic mass is 10.1. The predicted octanol–water partition coefficient (Wildman–Crippen LogP) is 3.64. The number of imide groups is 1. The van der Waals surface area contributed by atoms with E-state index in [2.05, 4.69) is 5.32 Å². The van der Waals surface area contributed by atoms with Crippen LogP contribution in [0.1, 0.15) is 33.6 Å². The fourth-order valence-corrected chi connectivity index (χ4v) is 2.91. The van der Waals surface area contributed by atoms with Crippen molar-refractivity contribution in [3.8, 4) is 5.75 Å². The van der Waals surface area contributed by atoms with Gasteiger partial charge >= 0.3 is 6.18 Å². The molecule has 2 aromatic carbocycles. The number of amides is 3. The van der Waals surface area contributed by atoms with Crippen molar-refractivity contribution in [1.82, 2.24) is 4.90 Å². The van der Waals surface area contributed by atoms with Crippen molar-refractivity contribution >= 4 is 23.4 Å². The Morgan fingerprint density at radius 2 is 1.55 bits per heavy atom. The van der Waals surface area contributed by atoms with Crippen molar-refractivity contribution in [2.75, 3.05) is 18.5 Å². The van der Waals surface area contributed by atoms with Crippen molar-refractivity contribution in [2.24, 2.45) is 0 Å². The second-order valence-corrected chi connectivity index (χ2v) is 6.36. The van der Waals surface area contributed by atoms with Crippen LogP contribution < -0.4 is 10.1 Å². The third kappa shape index (κ3) is 4.92. The van der Waals surface area contributed by atoms with E-state index in [1.165, 1.54) is 18.2 Å². The molecule has 6 nitrogen and oxygen atoms in total. The van der Waals surface area contributed by atoms with E-state index in [9.17, 15) is 27.6 Å². The van der Waals surface area contributed by atoms with Crippen LogP contribution in [-0.4, -0.2) is 41.9 Å². The van der Waals surface area contributed by atoms with Gasteiger partial charge in [0.15, 0.2) is 6.61 Å². The molecule has 0 atom stereocenters. The van der Waals surface area contributed by atoms with Crippen LogP contribution in [0.5, 0.6) is 5.75 Å². The molecule has 0 aliphatic carbocycles. The van der Waals surface area contributed by atoms with Gasteiger partial charge in [-0.05, 0) is 30.7 Å². The van der Waals surface area contributed by atoms with Gasteiger partial charge in [0.25, 0.3) is 11.8 Å². The molecule has 0 radical (unpaired) electrons. The van der Waals surface area contributed by atoms with E-state index in [-0.39, 0.29) is 30.8 Å². The Balaban J connectivity index is 1.53. The third-order valence-corrected chi connectivity index (χ3v) is 4.22. The first-order chi connectivity index (χ1) is 13.8. The number of rotatable bonds is 7. The lowest BCUT2D eigenvalue weighted by molar-refractivity contribution is -0.153. The van der Waals surface area contributed by atoms with E-state index in [4.69, 9.17) is 4.74 Å². The van der Waals surface area contributed by atoms with Crippen LogP contribution >= 0.6 is 0 Å². The fourth-order valence-electron chi connectivity index (χ4n) is 2.91. The van der Waals surface area contributed by atoms with E-state index >= 15 is 0 Å². The molecule has 0 saturated heterocycles. The summed E-state index contributed by atoms with van der Waals surface area (Å²) >= 11 is 0. The molecule has 1 N–H and O–H groups in total. The highest BCUT2D eigenvalue weighted by molar-refractivity contribution is 6.21. The van der Waals surface area contributed by atoms with E-state index in [0.717, 1.165) is 4.90 Å². The van der Waals surface area contributed by atoms with Crippen molar-refractivity contribution in [3.63, 3.8) is 0 Å². The molecule has 1 aliphatic rings. The molecule has 29 heavy (non-hydrogen) atoms. The number of carbonyl (C=O) groups is 3. The molecule has 152 valence electrons. The number of fused-ring (bicyclic) bond motifs is 1. The SMILES string of the molecule is O=C(CCCN1C(=O)c2ccccc2C1=O)Nc1ccccc1OCC(F)(F)F. The number of para-hydroxylation sites is 2. The molecule has 0 fully saturated rings. The highest BCUT2D eigenvalue weighted by Gasteiger charge is 2.34. The summed E-state index contributed by atoms with van der Waals surface area (Å²) in [5.74, 6) is -1.38. The van der Waals surface area contributed by atoms with Gasteiger partial charge in [-0.25, -0.2) is 0 Å². The molecule has 2 aromatic rings. The fraction of sp³-hybridized carbons (Fsp3) is 0.250. The number of benzene rings is 2. The standard InChI is InChI=1S/C20H17F3N2O4/c21-20(22,23)12-29-16-9-4-3-8-15(16)24-17(26)10-5-11-25-18(27)13-6-1-2-7-14(13)19(25)28/h1-4,6-9H,5,10-12H2,(H,24,26). The molecule has 1 aliphatic heterocycles. The maximum atomic E-state index is 12.3. The van der Waals surface area contributed by atoms with E-state index in [1.54, 1.807) is 30.3 Å². The van der Waals surface area contributed by atoms with Crippen molar-refractivity contribution in [3.05, 3.63) is 59.7 Å². The minimum absolute atomic E-state index is 0.0268. The Hall–Kier alpha value is -3.36. The van der Waals surface area contributed by atoms with Gasteiger partial charge in [-0.3, -0.25) is 19.3 Å². The zero-order valence-electron chi connectivity index (χ0n) is 15.2. The minimum atomic E-state index is -4.50. The number of carbonyl (C=O) groups excluding carboxylic acids is 3. The van der Waals surface area contributed by atoms with Crippen LogP contribution in [0.3, 0.4) is 0 Å². The summed E-state index contributed by atoms with van der Waals surface area (Å²) in [7, 11) is 0. The van der Waals surface area contributed by atoms with Gasteiger partial charge in [-0.2, -0.15) is 13.2 Å². The first kappa shape index (κ1) is 20.4. The van der Waals surface area contributed by atoms with E-state index in [0.29, 0.717) is 11.1 Å². The summed E-state index contributed by atoms with van der Waals surface area (Å²) in [6, 6.07) is 12.3. The maximum Gasteiger partial charge on any atom is 0.422 e. The summed E-state index contributed by atoms with van der Waals surface area (Å²) in [4.78, 5) is 37.8. The second-order valence-electron chi connectivity index (χ2n) is 6.36. The molecule has 0 aromatic heterocycles. The van der Waals surface area contributed by atoms with E-state index in [1.807, 2.05) is 0 Å². The van der Waals surface area contributed by atoms with Gasteiger partial charge in [0, 0.05) is 13.0 Å². The molecule has 0 saturated carbocycles. The number of alkyl halides is 3. The summed E-state index contributed by atoms with van der Waals surface area (Å²) in [5.41, 5.74) is 0.776. The number of nitrogens with zero attached hydrogens (tertiary/aromatic N) is 1. The monoisotopic (exact) mass is 406 g/mol. The third-order valence-electron chi connectivity index (χ3n) is 4.22. The number of hydrogen-bond acceptors (Lipinski definition) is 4. The summed E-state index contributed by atoms with van der Waals surface area (Å²) < 4.78 is 41.7. The average Bonchev–Trinajstić information content (AvgIpc) is 2.92. The van der Waals surface area contributed by atoms with Crippen LogP contribution in [0.4, 0.5) is 18.9 Å². The van der Waals surface area contributed by atoms with Crippen molar-refractivity contribution < 1.29 is 32.3 Å². The Morgan fingerprint density at radius 3 is 2.17 bits per heavy atom. The summed E-state index contributed by atoms with van der Waals surface area (Å²) in [6.07, 6.45) is -4.31.